The molecule has 1 amide bonds. The van der Waals surface area contributed by atoms with Gasteiger partial charge in [-0.1, -0.05) is 20.3 Å². The standard InChI is InChI=1S/C10H15NO3.Mg.2H/c1-4-5(2)8-9(13)7(6(3)12)10(14)11-8;;;/h5,8,13H,4H2,1-3H3,(H,11,14);;;. The third kappa shape index (κ3) is 2.72. The number of hydrogen-bond acceptors (Lipinski definition) is 3. The van der Waals surface area contributed by atoms with Crippen LogP contribution < -0.4 is 5.32 Å². The maximum absolute atomic E-state index is 11.3. The molecule has 0 aromatic carbocycles. The molecule has 82 valence electrons. The fourth-order valence-electron chi connectivity index (χ4n) is 1.54. The van der Waals surface area contributed by atoms with Crippen LogP contribution in [-0.4, -0.2) is 45.9 Å². The summed E-state index contributed by atoms with van der Waals surface area (Å²) in [4.78, 5) is 22.4. The van der Waals surface area contributed by atoms with Gasteiger partial charge in [0.2, 0.25) is 0 Å². The Hall–Kier alpha value is -0.554. The molecule has 0 saturated carbocycles. The number of Topliss-reactive ketones (excluding diaryl/α,β-unsaturated/α-hetero) is 1. The SMILES string of the molecule is CCC(C)C1NC(=O)C(C(C)=O)=C1O.[MgH2]. The van der Waals surface area contributed by atoms with Crippen LogP contribution >= 0.6 is 0 Å². The van der Waals surface area contributed by atoms with E-state index in [9.17, 15) is 14.7 Å². The van der Waals surface area contributed by atoms with Gasteiger partial charge in [-0.2, -0.15) is 0 Å². The first-order valence-corrected chi connectivity index (χ1v) is 4.74. The van der Waals surface area contributed by atoms with Crippen molar-refractivity contribution in [1.29, 1.82) is 0 Å². The van der Waals surface area contributed by atoms with Crippen LogP contribution in [0.4, 0.5) is 0 Å². The lowest BCUT2D eigenvalue weighted by molar-refractivity contribution is -0.121. The summed E-state index contributed by atoms with van der Waals surface area (Å²) in [5.41, 5.74) is -0.0877. The van der Waals surface area contributed by atoms with Crippen molar-refractivity contribution in [2.75, 3.05) is 0 Å². The Bertz CT molecular complexity index is 312. The molecule has 0 spiro atoms. The third-order valence-corrected chi connectivity index (χ3v) is 2.63. The van der Waals surface area contributed by atoms with Gasteiger partial charge in [0, 0.05) is 0 Å². The molecule has 0 aromatic rings. The maximum Gasteiger partial charge on any atom is 0.316 e. The number of hydrogen-bond donors (Lipinski definition) is 2. The highest BCUT2D eigenvalue weighted by Gasteiger charge is 2.36. The molecule has 2 unspecified atom stereocenters. The molecule has 1 aliphatic rings. The van der Waals surface area contributed by atoms with Crippen molar-refractivity contribution < 1.29 is 14.7 Å². The molecule has 0 aromatic heterocycles. The molecular weight excluding hydrogens is 206 g/mol. The fourth-order valence-corrected chi connectivity index (χ4v) is 1.54. The van der Waals surface area contributed by atoms with Gasteiger partial charge >= 0.3 is 23.1 Å². The number of carbonyl (C=O) groups excluding carboxylic acids is 2. The molecular formula is C10H17MgNO3. The van der Waals surface area contributed by atoms with Crippen LogP contribution in [0.25, 0.3) is 0 Å². The van der Waals surface area contributed by atoms with E-state index in [-0.39, 0.29) is 46.1 Å². The number of ketones is 1. The monoisotopic (exact) mass is 223 g/mol. The highest BCUT2D eigenvalue weighted by molar-refractivity contribution is 6.20. The van der Waals surface area contributed by atoms with E-state index in [1.165, 1.54) is 6.92 Å². The van der Waals surface area contributed by atoms with Gasteiger partial charge in [0.15, 0.2) is 5.78 Å². The molecule has 2 N–H and O–H groups in total. The predicted molar refractivity (Wildman–Crippen MR) is 60.3 cm³/mol. The van der Waals surface area contributed by atoms with E-state index in [4.69, 9.17) is 0 Å². The van der Waals surface area contributed by atoms with E-state index in [1.807, 2.05) is 13.8 Å². The van der Waals surface area contributed by atoms with E-state index in [0.29, 0.717) is 0 Å². The number of aliphatic hydroxyl groups excluding tert-OH is 1. The number of carbonyl (C=O) groups is 2. The lowest BCUT2D eigenvalue weighted by atomic mass is 9.97. The van der Waals surface area contributed by atoms with Crippen LogP contribution in [0.15, 0.2) is 11.3 Å². The summed E-state index contributed by atoms with van der Waals surface area (Å²) in [5, 5.41) is 12.3. The van der Waals surface area contributed by atoms with E-state index < -0.39 is 11.9 Å². The first-order chi connectivity index (χ1) is 6.49. The van der Waals surface area contributed by atoms with Gasteiger partial charge in [0.1, 0.15) is 11.3 Å². The molecule has 2 atom stereocenters. The Morgan fingerprint density at radius 1 is 1.60 bits per heavy atom. The van der Waals surface area contributed by atoms with Crippen molar-refractivity contribution in [3.8, 4) is 0 Å². The second-order valence-corrected chi connectivity index (χ2v) is 3.65. The highest BCUT2D eigenvalue weighted by Crippen LogP contribution is 2.23. The molecule has 1 rings (SSSR count). The third-order valence-electron chi connectivity index (χ3n) is 2.63. The average molecular weight is 224 g/mol. The first-order valence-electron chi connectivity index (χ1n) is 4.74. The zero-order chi connectivity index (χ0) is 10.9. The van der Waals surface area contributed by atoms with Crippen molar-refractivity contribution in [2.24, 2.45) is 5.92 Å². The Labute approximate surface area is 105 Å². The summed E-state index contributed by atoms with van der Waals surface area (Å²) >= 11 is 0. The number of rotatable bonds is 3. The molecule has 0 radical (unpaired) electrons. The Balaban J connectivity index is 0.00000196. The Morgan fingerprint density at radius 3 is 2.47 bits per heavy atom. The number of aliphatic hydroxyl groups is 1. The Kier molecular flexibility index (Phi) is 5.30. The van der Waals surface area contributed by atoms with Gasteiger partial charge in [-0.3, -0.25) is 9.59 Å². The van der Waals surface area contributed by atoms with Crippen LogP contribution in [-0.2, 0) is 9.59 Å². The van der Waals surface area contributed by atoms with Crippen LogP contribution in [0.2, 0.25) is 0 Å². The molecule has 0 fully saturated rings. The number of amides is 1. The minimum Gasteiger partial charge on any atom is -0.509 e. The van der Waals surface area contributed by atoms with Crippen LogP contribution in [0.5, 0.6) is 0 Å². The normalized spacial score (nSPS) is 22.1. The molecule has 4 nitrogen and oxygen atoms in total. The zero-order valence-corrected chi connectivity index (χ0v) is 8.63. The van der Waals surface area contributed by atoms with Crippen LogP contribution in [0.3, 0.4) is 0 Å². The lowest BCUT2D eigenvalue weighted by Gasteiger charge is -2.17. The second kappa shape index (κ2) is 5.51. The van der Waals surface area contributed by atoms with Crippen molar-refractivity contribution in [3.05, 3.63) is 11.3 Å². The van der Waals surface area contributed by atoms with Crippen molar-refractivity contribution in [2.45, 2.75) is 33.2 Å². The van der Waals surface area contributed by atoms with Gasteiger partial charge in [-0.25, -0.2) is 0 Å². The van der Waals surface area contributed by atoms with E-state index in [1.54, 1.807) is 0 Å². The quantitative estimate of drug-likeness (QED) is 0.524. The first kappa shape index (κ1) is 14.4. The van der Waals surface area contributed by atoms with Crippen molar-refractivity contribution in [1.82, 2.24) is 5.32 Å². The minimum atomic E-state index is -0.458. The smallest absolute Gasteiger partial charge is 0.316 e. The molecule has 15 heavy (non-hydrogen) atoms. The minimum absolute atomic E-state index is 0. The fraction of sp³-hybridized carbons (Fsp3) is 0.600. The van der Waals surface area contributed by atoms with Crippen LogP contribution in [0, 0.1) is 5.92 Å². The van der Waals surface area contributed by atoms with Gasteiger partial charge in [0.05, 0.1) is 6.04 Å². The summed E-state index contributed by atoms with van der Waals surface area (Å²) in [5.74, 6) is -0.807. The predicted octanol–water partition coefficient (Wildman–Crippen LogP) is 0.0158. The van der Waals surface area contributed by atoms with Gasteiger partial charge in [-0.05, 0) is 12.8 Å². The summed E-state index contributed by atoms with van der Waals surface area (Å²) in [6.07, 6.45) is 0.834. The molecule has 0 bridgehead atoms. The van der Waals surface area contributed by atoms with Gasteiger partial charge < -0.3 is 10.4 Å². The largest absolute Gasteiger partial charge is 0.509 e. The maximum atomic E-state index is 11.3. The molecule has 1 heterocycles. The molecule has 0 saturated heterocycles. The van der Waals surface area contributed by atoms with Crippen molar-refractivity contribution >= 4 is 34.7 Å². The molecule has 0 aliphatic carbocycles. The van der Waals surface area contributed by atoms with Crippen LogP contribution in [0.1, 0.15) is 27.2 Å². The lowest BCUT2D eigenvalue weighted by Crippen LogP contribution is -2.34. The Morgan fingerprint density at radius 2 is 2.13 bits per heavy atom. The molecule has 5 heteroatoms. The summed E-state index contributed by atoms with van der Waals surface area (Å²) in [6.45, 7) is 5.17. The van der Waals surface area contributed by atoms with Crippen molar-refractivity contribution in [3.63, 3.8) is 0 Å². The summed E-state index contributed by atoms with van der Waals surface area (Å²) < 4.78 is 0. The summed E-state index contributed by atoms with van der Waals surface area (Å²) in [6, 6.07) is -0.397. The van der Waals surface area contributed by atoms with Gasteiger partial charge in [0.25, 0.3) is 5.91 Å². The van der Waals surface area contributed by atoms with E-state index in [0.717, 1.165) is 6.42 Å². The number of nitrogens with one attached hydrogen (secondary N) is 1. The molecule has 1 aliphatic heterocycles. The highest BCUT2D eigenvalue weighted by atomic mass is 24.3. The average Bonchev–Trinajstić information content (AvgIpc) is 2.40. The summed E-state index contributed by atoms with van der Waals surface area (Å²) in [7, 11) is 0. The topological polar surface area (TPSA) is 66.4 Å². The van der Waals surface area contributed by atoms with Gasteiger partial charge in [-0.15, -0.1) is 0 Å². The second-order valence-electron chi connectivity index (χ2n) is 3.65. The van der Waals surface area contributed by atoms with E-state index in [2.05, 4.69) is 5.32 Å². The zero-order valence-electron chi connectivity index (χ0n) is 8.63. The van der Waals surface area contributed by atoms with E-state index >= 15 is 0 Å².